The fraction of sp³-hybridized carbons (Fsp3) is 0.115. The van der Waals surface area contributed by atoms with E-state index in [0.29, 0.717) is 29.2 Å². The van der Waals surface area contributed by atoms with Crippen molar-refractivity contribution < 1.29 is 23.8 Å². The molecule has 0 atom stereocenters. The number of cyclic esters (lactones) is 1. The highest BCUT2D eigenvalue weighted by atomic mass is 16.6. The molecule has 32 heavy (non-hydrogen) atoms. The molecule has 6 heteroatoms. The average molecular weight is 427 g/mol. The third-order valence-corrected chi connectivity index (χ3v) is 4.70. The summed E-state index contributed by atoms with van der Waals surface area (Å²) in [6.45, 7) is 4.16. The second-order valence-electron chi connectivity index (χ2n) is 7.10. The van der Waals surface area contributed by atoms with Crippen LogP contribution in [0.4, 0.5) is 0 Å². The first kappa shape index (κ1) is 21.1. The highest BCUT2D eigenvalue weighted by Crippen LogP contribution is 2.31. The molecule has 3 aromatic carbocycles. The molecule has 0 unspecified atom stereocenters. The highest BCUT2D eigenvalue weighted by Gasteiger charge is 2.24. The average Bonchev–Trinajstić information content (AvgIpc) is 3.17. The van der Waals surface area contributed by atoms with Gasteiger partial charge in [0.2, 0.25) is 5.90 Å². The van der Waals surface area contributed by atoms with E-state index in [1.54, 1.807) is 36.4 Å². The second kappa shape index (κ2) is 9.31. The molecule has 0 amide bonds. The summed E-state index contributed by atoms with van der Waals surface area (Å²) in [5.41, 5.74) is 3.06. The van der Waals surface area contributed by atoms with Crippen LogP contribution < -0.4 is 9.47 Å². The summed E-state index contributed by atoms with van der Waals surface area (Å²) < 4.78 is 16.5. The molecule has 4 rings (SSSR count). The van der Waals surface area contributed by atoms with Crippen molar-refractivity contribution in [3.05, 3.63) is 101 Å². The number of ether oxygens (including phenoxy) is 3. The van der Waals surface area contributed by atoms with Crippen molar-refractivity contribution in [3.63, 3.8) is 0 Å². The number of hydrogen-bond donors (Lipinski definition) is 0. The number of benzene rings is 3. The van der Waals surface area contributed by atoms with E-state index in [4.69, 9.17) is 14.2 Å². The van der Waals surface area contributed by atoms with Gasteiger partial charge in [0.25, 0.3) is 0 Å². The fourth-order valence-corrected chi connectivity index (χ4v) is 3.09. The lowest BCUT2D eigenvalue weighted by atomic mass is 10.1. The third-order valence-electron chi connectivity index (χ3n) is 4.70. The van der Waals surface area contributed by atoms with Crippen LogP contribution in [-0.2, 0) is 9.53 Å². The Morgan fingerprint density at radius 3 is 2.47 bits per heavy atom. The summed E-state index contributed by atoms with van der Waals surface area (Å²) in [6, 6.07) is 21.4. The monoisotopic (exact) mass is 427 g/mol. The van der Waals surface area contributed by atoms with Gasteiger partial charge in [0, 0.05) is 5.56 Å². The van der Waals surface area contributed by atoms with E-state index in [9.17, 15) is 9.59 Å². The minimum atomic E-state index is -0.531. The number of carbonyl (C=O) groups is 2. The Morgan fingerprint density at radius 1 is 1.00 bits per heavy atom. The Morgan fingerprint density at radius 2 is 1.75 bits per heavy atom. The van der Waals surface area contributed by atoms with E-state index >= 15 is 0 Å². The maximum atomic E-state index is 12.5. The van der Waals surface area contributed by atoms with E-state index in [1.165, 1.54) is 0 Å². The molecular weight excluding hydrogens is 406 g/mol. The SMILES string of the molecule is CCOc1cc(/C=C2/N=C(c3ccccc3)OC2=O)ccc1OC(=O)c1ccc(C)cc1. The van der Waals surface area contributed by atoms with Crippen molar-refractivity contribution in [2.45, 2.75) is 13.8 Å². The maximum Gasteiger partial charge on any atom is 0.363 e. The summed E-state index contributed by atoms with van der Waals surface area (Å²) in [7, 11) is 0. The van der Waals surface area contributed by atoms with Gasteiger partial charge in [-0.3, -0.25) is 0 Å². The maximum absolute atomic E-state index is 12.5. The van der Waals surface area contributed by atoms with E-state index in [0.717, 1.165) is 11.1 Å². The van der Waals surface area contributed by atoms with Crippen LogP contribution in [0, 0.1) is 6.92 Å². The zero-order chi connectivity index (χ0) is 22.5. The van der Waals surface area contributed by atoms with Gasteiger partial charge in [-0.05, 0) is 61.9 Å². The Labute approximate surface area is 185 Å². The first-order chi connectivity index (χ1) is 15.5. The molecule has 0 fully saturated rings. The molecule has 0 aliphatic carbocycles. The Balaban J connectivity index is 1.58. The fourth-order valence-electron chi connectivity index (χ4n) is 3.09. The van der Waals surface area contributed by atoms with Crippen LogP contribution in [0.3, 0.4) is 0 Å². The van der Waals surface area contributed by atoms with Crippen LogP contribution >= 0.6 is 0 Å². The van der Waals surface area contributed by atoms with Crippen LogP contribution in [-0.4, -0.2) is 24.4 Å². The number of nitrogens with zero attached hydrogens (tertiary/aromatic N) is 1. The molecule has 1 heterocycles. The zero-order valence-corrected chi connectivity index (χ0v) is 17.7. The lowest BCUT2D eigenvalue weighted by molar-refractivity contribution is -0.129. The molecule has 1 aliphatic heterocycles. The molecule has 0 N–H and O–H groups in total. The summed E-state index contributed by atoms with van der Waals surface area (Å²) in [4.78, 5) is 29.1. The van der Waals surface area contributed by atoms with Gasteiger partial charge in [0.05, 0.1) is 12.2 Å². The van der Waals surface area contributed by atoms with Gasteiger partial charge < -0.3 is 14.2 Å². The zero-order valence-electron chi connectivity index (χ0n) is 17.7. The topological polar surface area (TPSA) is 74.2 Å². The van der Waals surface area contributed by atoms with Gasteiger partial charge in [-0.25, -0.2) is 14.6 Å². The van der Waals surface area contributed by atoms with Gasteiger partial charge in [-0.2, -0.15) is 0 Å². The predicted octanol–water partition coefficient (Wildman–Crippen LogP) is 4.96. The van der Waals surface area contributed by atoms with Crippen molar-refractivity contribution in [1.29, 1.82) is 0 Å². The number of rotatable bonds is 6. The van der Waals surface area contributed by atoms with Gasteiger partial charge in [-0.1, -0.05) is 42.0 Å². The van der Waals surface area contributed by atoms with Crippen LogP contribution in [0.1, 0.15) is 34.0 Å². The summed E-state index contributed by atoms with van der Waals surface area (Å²) in [6.07, 6.45) is 1.60. The molecule has 3 aromatic rings. The number of esters is 2. The summed E-state index contributed by atoms with van der Waals surface area (Å²) in [5, 5.41) is 0. The molecule has 1 aliphatic rings. The largest absolute Gasteiger partial charge is 0.490 e. The van der Waals surface area contributed by atoms with Gasteiger partial charge in [-0.15, -0.1) is 0 Å². The van der Waals surface area contributed by atoms with Crippen LogP contribution in [0.5, 0.6) is 11.5 Å². The Kier molecular flexibility index (Phi) is 6.12. The summed E-state index contributed by atoms with van der Waals surface area (Å²) in [5.74, 6) is -0.0660. The number of carbonyl (C=O) groups excluding carboxylic acids is 2. The van der Waals surface area contributed by atoms with E-state index in [2.05, 4.69) is 4.99 Å². The lowest BCUT2D eigenvalue weighted by Gasteiger charge is -2.11. The molecule has 0 spiro atoms. The molecule has 0 saturated carbocycles. The highest BCUT2D eigenvalue weighted by molar-refractivity contribution is 6.12. The van der Waals surface area contributed by atoms with Crippen molar-refractivity contribution in [3.8, 4) is 11.5 Å². The molecule has 0 saturated heterocycles. The first-order valence-electron chi connectivity index (χ1n) is 10.2. The lowest BCUT2D eigenvalue weighted by Crippen LogP contribution is -2.09. The smallest absolute Gasteiger partial charge is 0.363 e. The normalized spacial score (nSPS) is 14.1. The Hall–Kier alpha value is -4.19. The number of aliphatic imine (C=N–C) groups is 1. The quantitative estimate of drug-likeness (QED) is 0.316. The van der Waals surface area contributed by atoms with E-state index in [1.807, 2.05) is 56.3 Å². The summed E-state index contributed by atoms with van der Waals surface area (Å²) >= 11 is 0. The van der Waals surface area contributed by atoms with Crippen LogP contribution in [0.15, 0.2) is 83.5 Å². The minimum absolute atomic E-state index is 0.177. The van der Waals surface area contributed by atoms with Crippen molar-refractivity contribution >= 4 is 23.9 Å². The number of aryl methyl sites for hydroxylation is 1. The molecule has 160 valence electrons. The molecule has 0 bridgehead atoms. The predicted molar refractivity (Wildman–Crippen MR) is 121 cm³/mol. The van der Waals surface area contributed by atoms with Crippen LogP contribution in [0.2, 0.25) is 0 Å². The number of hydrogen-bond acceptors (Lipinski definition) is 6. The van der Waals surface area contributed by atoms with Crippen molar-refractivity contribution in [2.24, 2.45) is 4.99 Å². The molecular formula is C26H21NO5. The standard InChI is InChI=1S/C26H21NO5/c1-3-30-23-16-18(11-14-22(23)31-25(28)20-12-9-17(2)10-13-20)15-21-26(29)32-24(27-21)19-7-5-4-6-8-19/h4-16H,3H2,1-2H3/b21-15+. The molecule has 0 radical (unpaired) electrons. The van der Waals surface area contributed by atoms with Gasteiger partial charge in [0.15, 0.2) is 17.2 Å². The molecule has 6 nitrogen and oxygen atoms in total. The minimum Gasteiger partial charge on any atom is -0.490 e. The van der Waals surface area contributed by atoms with Gasteiger partial charge >= 0.3 is 11.9 Å². The first-order valence-corrected chi connectivity index (χ1v) is 10.2. The Bertz CT molecular complexity index is 1210. The van der Waals surface area contributed by atoms with Crippen molar-refractivity contribution in [2.75, 3.05) is 6.61 Å². The molecule has 0 aromatic heterocycles. The second-order valence-corrected chi connectivity index (χ2v) is 7.10. The van der Waals surface area contributed by atoms with E-state index in [-0.39, 0.29) is 11.6 Å². The third kappa shape index (κ3) is 4.75. The van der Waals surface area contributed by atoms with Gasteiger partial charge in [0.1, 0.15) is 0 Å². The van der Waals surface area contributed by atoms with Crippen LogP contribution in [0.25, 0.3) is 6.08 Å². The van der Waals surface area contributed by atoms with Crippen molar-refractivity contribution in [1.82, 2.24) is 0 Å². The van der Waals surface area contributed by atoms with E-state index < -0.39 is 11.9 Å².